The van der Waals surface area contributed by atoms with Gasteiger partial charge >= 0.3 is 6.18 Å². The van der Waals surface area contributed by atoms with E-state index in [0.717, 1.165) is 37.7 Å². The van der Waals surface area contributed by atoms with Crippen LogP contribution < -0.4 is 0 Å². The van der Waals surface area contributed by atoms with Crippen molar-refractivity contribution in [3.8, 4) is 6.07 Å². The molecule has 1 fully saturated rings. The van der Waals surface area contributed by atoms with Crippen molar-refractivity contribution in [2.24, 2.45) is 5.92 Å². The number of nitrogens with zero attached hydrogens (tertiary/aromatic N) is 1. The standard InChI is InChI=1S/C18H19F4N/c19-17-11-15(8-9-16(17)12-23)14-6-4-13(5-7-14)3-1-2-10-18(20,21)22/h2,8-11,13-14H,1,3-7H2. The van der Waals surface area contributed by atoms with Crippen molar-refractivity contribution in [3.05, 3.63) is 47.3 Å². The Balaban J connectivity index is 1.81. The molecule has 0 amide bonds. The van der Waals surface area contributed by atoms with Crippen molar-refractivity contribution in [3.63, 3.8) is 0 Å². The molecule has 0 spiro atoms. The third-order valence-corrected chi connectivity index (χ3v) is 4.48. The summed E-state index contributed by atoms with van der Waals surface area (Å²) in [5.74, 6) is 0.232. The molecule has 1 aromatic carbocycles. The molecule has 124 valence electrons. The molecule has 0 aliphatic heterocycles. The van der Waals surface area contributed by atoms with Crippen LogP contribution in [0.25, 0.3) is 0 Å². The predicted molar refractivity (Wildman–Crippen MR) is 80.2 cm³/mol. The van der Waals surface area contributed by atoms with E-state index < -0.39 is 12.0 Å². The molecular weight excluding hydrogens is 306 g/mol. The van der Waals surface area contributed by atoms with Gasteiger partial charge in [-0.2, -0.15) is 18.4 Å². The first-order chi connectivity index (χ1) is 10.9. The molecule has 1 aromatic rings. The number of nitriles is 1. The number of hydrogen-bond acceptors (Lipinski definition) is 1. The summed E-state index contributed by atoms with van der Waals surface area (Å²) >= 11 is 0. The highest BCUT2D eigenvalue weighted by Crippen LogP contribution is 2.38. The number of halogens is 4. The van der Waals surface area contributed by atoms with Gasteiger partial charge in [0.1, 0.15) is 11.9 Å². The zero-order chi connectivity index (χ0) is 16.9. The Morgan fingerprint density at radius 3 is 2.43 bits per heavy atom. The van der Waals surface area contributed by atoms with E-state index in [4.69, 9.17) is 5.26 Å². The van der Waals surface area contributed by atoms with Gasteiger partial charge in [-0.15, -0.1) is 0 Å². The molecule has 0 radical (unpaired) electrons. The van der Waals surface area contributed by atoms with Crippen LogP contribution in [0.15, 0.2) is 30.4 Å². The largest absolute Gasteiger partial charge is 0.409 e. The van der Waals surface area contributed by atoms with E-state index in [9.17, 15) is 17.6 Å². The Bertz CT molecular complexity index is 590. The third-order valence-electron chi connectivity index (χ3n) is 4.48. The van der Waals surface area contributed by atoms with Crippen LogP contribution in [0.1, 0.15) is 55.6 Å². The smallest absolute Gasteiger partial charge is 0.206 e. The molecule has 23 heavy (non-hydrogen) atoms. The average Bonchev–Trinajstić information content (AvgIpc) is 2.51. The minimum Gasteiger partial charge on any atom is -0.206 e. The average molecular weight is 325 g/mol. The summed E-state index contributed by atoms with van der Waals surface area (Å²) in [4.78, 5) is 0. The maximum atomic E-state index is 13.7. The fraction of sp³-hybridized carbons (Fsp3) is 0.500. The van der Waals surface area contributed by atoms with Crippen molar-refractivity contribution in [1.82, 2.24) is 0 Å². The maximum Gasteiger partial charge on any atom is 0.409 e. The van der Waals surface area contributed by atoms with Gasteiger partial charge in [0.15, 0.2) is 0 Å². The van der Waals surface area contributed by atoms with Crippen LogP contribution in [0.3, 0.4) is 0 Å². The molecule has 1 saturated carbocycles. The minimum atomic E-state index is -4.22. The first-order valence-corrected chi connectivity index (χ1v) is 7.83. The maximum absolute atomic E-state index is 13.7. The van der Waals surface area contributed by atoms with Crippen molar-refractivity contribution in [2.75, 3.05) is 0 Å². The minimum absolute atomic E-state index is 0.0545. The van der Waals surface area contributed by atoms with E-state index >= 15 is 0 Å². The van der Waals surface area contributed by atoms with E-state index in [1.807, 2.05) is 6.07 Å². The fourth-order valence-electron chi connectivity index (χ4n) is 3.21. The monoisotopic (exact) mass is 325 g/mol. The molecule has 1 nitrogen and oxygen atoms in total. The first kappa shape index (κ1) is 17.5. The van der Waals surface area contributed by atoms with Gasteiger partial charge in [0.2, 0.25) is 0 Å². The Morgan fingerprint density at radius 1 is 1.17 bits per heavy atom. The van der Waals surface area contributed by atoms with E-state index in [2.05, 4.69) is 0 Å². The van der Waals surface area contributed by atoms with Gasteiger partial charge in [-0.3, -0.25) is 0 Å². The van der Waals surface area contributed by atoms with Gasteiger partial charge in [0, 0.05) is 6.08 Å². The summed E-state index contributed by atoms with van der Waals surface area (Å²) in [5.41, 5.74) is 0.968. The van der Waals surface area contributed by atoms with Gasteiger partial charge in [-0.25, -0.2) is 4.39 Å². The Morgan fingerprint density at radius 2 is 1.87 bits per heavy atom. The van der Waals surface area contributed by atoms with Crippen LogP contribution in [-0.2, 0) is 0 Å². The van der Waals surface area contributed by atoms with E-state index in [1.165, 1.54) is 18.2 Å². The molecule has 0 aromatic heterocycles. The second kappa shape index (κ2) is 7.63. The molecule has 0 atom stereocenters. The van der Waals surface area contributed by atoms with E-state index in [0.29, 0.717) is 18.4 Å². The number of alkyl halides is 3. The number of benzene rings is 1. The highest BCUT2D eigenvalue weighted by atomic mass is 19.4. The lowest BCUT2D eigenvalue weighted by atomic mass is 9.77. The van der Waals surface area contributed by atoms with Crippen LogP contribution >= 0.6 is 0 Å². The van der Waals surface area contributed by atoms with Gasteiger partial charge in [-0.1, -0.05) is 12.1 Å². The van der Waals surface area contributed by atoms with Crippen LogP contribution in [-0.4, -0.2) is 6.18 Å². The lowest BCUT2D eigenvalue weighted by Crippen LogP contribution is -2.13. The van der Waals surface area contributed by atoms with Gasteiger partial charge in [0.25, 0.3) is 0 Å². The molecule has 0 heterocycles. The van der Waals surface area contributed by atoms with Gasteiger partial charge in [0.05, 0.1) is 5.56 Å². The van der Waals surface area contributed by atoms with Crippen LogP contribution in [0.2, 0.25) is 0 Å². The molecular formula is C18H19F4N. The Labute approximate surface area is 133 Å². The van der Waals surface area contributed by atoms with E-state index in [-0.39, 0.29) is 11.5 Å². The SMILES string of the molecule is N#Cc1ccc(C2CCC(CCC=CC(F)(F)F)CC2)cc1F. The topological polar surface area (TPSA) is 23.8 Å². The zero-order valence-corrected chi connectivity index (χ0v) is 12.7. The second-order valence-electron chi connectivity index (χ2n) is 6.09. The lowest BCUT2D eigenvalue weighted by Gasteiger charge is -2.28. The van der Waals surface area contributed by atoms with Crippen molar-refractivity contribution in [2.45, 2.75) is 50.6 Å². The van der Waals surface area contributed by atoms with Crippen LogP contribution in [0.5, 0.6) is 0 Å². The normalized spacial score (nSPS) is 22.2. The molecule has 0 saturated heterocycles. The zero-order valence-electron chi connectivity index (χ0n) is 12.7. The summed E-state index contributed by atoms with van der Waals surface area (Å²) in [5, 5.41) is 8.74. The summed E-state index contributed by atoms with van der Waals surface area (Å²) < 4.78 is 49.7. The number of hydrogen-bond donors (Lipinski definition) is 0. The summed E-state index contributed by atoms with van der Waals surface area (Å²) in [6.07, 6.45) is 2.22. The molecule has 5 heteroatoms. The summed E-state index contributed by atoms with van der Waals surface area (Å²) in [6.45, 7) is 0. The van der Waals surface area contributed by atoms with E-state index in [1.54, 1.807) is 6.07 Å². The molecule has 1 aliphatic carbocycles. The van der Waals surface area contributed by atoms with Crippen molar-refractivity contribution in [1.29, 1.82) is 5.26 Å². The van der Waals surface area contributed by atoms with Crippen LogP contribution in [0, 0.1) is 23.1 Å². The summed E-state index contributed by atoms with van der Waals surface area (Å²) in [7, 11) is 0. The van der Waals surface area contributed by atoms with Crippen molar-refractivity contribution >= 4 is 0 Å². The predicted octanol–water partition coefficient (Wildman–Crippen LogP) is 5.87. The highest BCUT2D eigenvalue weighted by Gasteiger charge is 2.24. The number of allylic oxidation sites excluding steroid dienone is 2. The fourth-order valence-corrected chi connectivity index (χ4v) is 3.21. The van der Waals surface area contributed by atoms with Gasteiger partial charge < -0.3 is 0 Å². The molecule has 0 N–H and O–H groups in total. The second-order valence-corrected chi connectivity index (χ2v) is 6.09. The number of rotatable bonds is 4. The lowest BCUT2D eigenvalue weighted by molar-refractivity contribution is -0.0800. The summed E-state index contributed by atoms with van der Waals surface area (Å²) in [6, 6.07) is 6.57. The van der Waals surface area contributed by atoms with Crippen LogP contribution in [0.4, 0.5) is 17.6 Å². The quantitative estimate of drug-likeness (QED) is 0.501. The Kier molecular flexibility index (Phi) is 5.81. The molecule has 0 bridgehead atoms. The molecule has 2 rings (SSSR count). The Hall–Kier alpha value is -1.83. The first-order valence-electron chi connectivity index (χ1n) is 7.83. The third kappa shape index (κ3) is 5.38. The van der Waals surface area contributed by atoms with Crippen molar-refractivity contribution < 1.29 is 17.6 Å². The van der Waals surface area contributed by atoms with Gasteiger partial charge in [-0.05, 0) is 68.1 Å². The molecule has 1 aliphatic rings. The molecule has 0 unspecified atom stereocenters. The highest BCUT2D eigenvalue weighted by molar-refractivity contribution is 5.34.